The molecule has 1 aromatic heterocycles. The number of aromatic nitrogens is 2. The molecule has 0 aliphatic carbocycles. The van der Waals surface area contributed by atoms with E-state index in [0.717, 1.165) is 21.3 Å². The van der Waals surface area contributed by atoms with Gasteiger partial charge in [0, 0.05) is 10.0 Å². The Morgan fingerprint density at radius 3 is 2.43 bits per heavy atom. The van der Waals surface area contributed by atoms with Gasteiger partial charge in [0.15, 0.2) is 0 Å². The maximum absolute atomic E-state index is 12.5. The van der Waals surface area contributed by atoms with Gasteiger partial charge in [0.1, 0.15) is 5.82 Å². The summed E-state index contributed by atoms with van der Waals surface area (Å²) >= 11 is 3.39. The first kappa shape index (κ1) is 18.4. The molecule has 0 saturated heterocycles. The van der Waals surface area contributed by atoms with Crippen LogP contribution in [-0.4, -0.2) is 15.5 Å². The Kier molecular flexibility index (Phi) is 5.26. The number of imidazole rings is 1. The molecule has 0 bridgehead atoms. The third kappa shape index (κ3) is 3.71. The molecule has 5 heteroatoms. The van der Waals surface area contributed by atoms with E-state index in [1.165, 1.54) is 5.56 Å². The number of hydrogen-bond donors (Lipinski definition) is 1. The lowest BCUT2D eigenvalue weighted by molar-refractivity contribution is 0.0949. The summed E-state index contributed by atoms with van der Waals surface area (Å²) in [5, 5.41) is 3.00. The van der Waals surface area contributed by atoms with Crippen molar-refractivity contribution in [2.45, 2.75) is 19.5 Å². The van der Waals surface area contributed by atoms with Crippen molar-refractivity contribution in [1.82, 2.24) is 14.9 Å². The predicted octanol–water partition coefficient (Wildman–Crippen LogP) is 5.34. The fourth-order valence-electron chi connectivity index (χ4n) is 3.39. The topological polar surface area (TPSA) is 46.9 Å². The Labute approximate surface area is 172 Å². The van der Waals surface area contributed by atoms with E-state index in [1.54, 1.807) is 12.1 Å². The molecule has 28 heavy (non-hydrogen) atoms. The van der Waals surface area contributed by atoms with Gasteiger partial charge in [-0.05, 0) is 48.9 Å². The second kappa shape index (κ2) is 7.98. The van der Waals surface area contributed by atoms with E-state index in [1.807, 2.05) is 48.5 Å². The van der Waals surface area contributed by atoms with Gasteiger partial charge in [-0.25, -0.2) is 4.98 Å². The van der Waals surface area contributed by atoms with Crippen molar-refractivity contribution < 1.29 is 4.79 Å². The number of amides is 1. The molecule has 1 unspecified atom stereocenters. The molecule has 1 heterocycles. The lowest BCUT2D eigenvalue weighted by Crippen LogP contribution is -2.25. The summed E-state index contributed by atoms with van der Waals surface area (Å²) in [6.07, 6.45) is 0. The van der Waals surface area contributed by atoms with Crippen molar-refractivity contribution in [3.8, 4) is 0 Å². The zero-order valence-corrected chi connectivity index (χ0v) is 17.1. The van der Waals surface area contributed by atoms with Crippen molar-refractivity contribution >= 4 is 32.9 Å². The van der Waals surface area contributed by atoms with Crippen LogP contribution in [0.4, 0.5) is 0 Å². The Morgan fingerprint density at radius 1 is 1.00 bits per heavy atom. The van der Waals surface area contributed by atoms with E-state index >= 15 is 0 Å². The molecule has 4 rings (SSSR count). The third-order valence-corrected chi connectivity index (χ3v) is 5.38. The maximum atomic E-state index is 12.5. The van der Waals surface area contributed by atoms with Crippen LogP contribution in [0.1, 0.15) is 34.7 Å². The molecule has 140 valence electrons. The van der Waals surface area contributed by atoms with Crippen LogP contribution in [0, 0.1) is 0 Å². The maximum Gasteiger partial charge on any atom is 0.251 e. The van der Waals surface area contributed by atoms with Crippen LogP contribution in [0.3, 0.4) is 0 Å². The second-order valence-corrected chi connectivity index (χ2v) is 7.58. The lowest BCUT2D eigenvalue weighted by Gasteiger charge is -2.18. The molecule has 0 aliphatic heterocycles. The number of para-hydroxylation sites is 2. The van der Waals surface area contributed by atoms with Crippen molar-refractivity contribution in [3.05, 3.63) is 100 Å². The Bertz CT molecular complexity index is 1100. The first-order chi connectivity index (χ1) is 13.6. The van der Waals surface area contributed by atoms with Crippen LogP contribution in [0.25, 0.3) is 11.0 Å². The van der Waals surface area contributed by atoms with Crippen LogP contribution >= 0.6 is 15.9 Å². The van der Waals surface area contributed by atoms with Crippen LogP contribution in [-0.2, 0) is 6.54 Å². The monoisotopic (exact) mass is 433 g/mol. The molecule has 3 aromatic carbocycles. The Morgan fingerprint density at radius 2 is 1.68 bits per heavy atom. The molecule has 0 spiro atoms. The number of nitrogens with zero attached hydrogens (tertiary/aromatic N) is 2. The van der Waals surface area contributed by atoms with E-state index in [0.29, 0.717) is 12.1 Å². The molecule has 1 N–H and O–H groups in total. The summed E-state index contributed by atoms with van der Waals surface area (Å²) in [5.41, 5.74) is 3.82. The van der Waals surface area contributed by atoms with E-state index in [-0.39, 0.29) is 11.9 Å². The number of benzene rings is 3. The Hall–Kier alpha value is -2.92. The average molecular weight is 434 g/mol. The number of carbonyl (C=O) groups excluding carboxylic acids is 1. The van der Waals surface area contributed by atoms with Crippen molar-refractivity contribution in [1.29, 1.82) is 0 Å². The van der Waals surface area contributed by atoms with Crippen LogP contribution in [0.5, 0.6) is 0 Å². The fourth-order valence-corrected chi connectivity index (χ4v) is 3.66. The van der Waals surface area contributed by atoms with Gasteiger partial charge in [-0.1, -0.05) is 58.4 Å². The number of hydrogen-bond acceptors (Lipinski definition) is 2. The number of fused-ring (bicyclic) bond motifs is 1. The standard InChI is InChI=1S/C23H20BrN3O/c1-16(17-7-3-2-4-8-17)27-21-10-6-5-9-20(21)26-22(27)15-25-23(28)18-11-13-19(24)14-12-18/h2-14,16H,15H2,1H3,(H,25,28). The minimum Gasteiger partial charge on any atom is -0.345 e. The minimum absolute atomic E-state index is 0.105. The molecule has 1 amide bonds. The highest BCUT2D eigenvalue weighted by Crippen LogP contribution is 2.26. The van der Waals surface area contributed by atoms with E-state index < -0.39 is 0 Å². The van der Waals surface area contributed by atoms with Gasteiger partial charge < -0.3 is 9.88 Å². The predicted molar refractivity (Wildman–Crippen MR) is 115 cm³/mol. The minimum atomic E-state index is -0.113. The molecule has 0 aliphatic rings. The Balaban J connectivity index is 1.65. The van der Waals surface area contributed by atoms with Gasteiger partial charge in [-0.3, -0.25) is 4.79 Å². The summed E-state index contributed by atoms with van der Waals surface area (Å²) in [6, 6.07) is 25.8. The summed E-state index contributed by atoms with van der Waals surface area (Å²) in [6.45, 7) is 2.52. The molecule has 0 fully saturated rings. The zero-order chi connectivity index (χ0) is 19.5. The molecule has 0 radical (unpaired) electrons. The van der Waals surface area contributed by atoms with E-state index in [9.17, 15) is 4.79 Å². The fraction of sp³-hybridized carbons (Fsp3) is 0.130. The molecule has 0 saturated carbocycles. The number of halogens is 1. The van der Waals surface area contributed by atoms with Gasteiger partial charge in [0.2, 0.25) is 0 Å². The lowest BCUT2D eigenvalue weighted by atomic mass is 10.1. The summed E-state index contributed by atoms with van der Waals surface area (Å²) in [5.74, 6) is 0.724. The largest absolute Gasteiger partial charge is 0.345 e. The van der Waals surface area contributed by atoms with Crippen molar-refractivity contribution in [2.24, 2.45) is 0 Å². The molecule has 1 atom stereocenters. The van der Waals surface area contributed by atoms with E-state index in [2.05, 4.69) is 50.9 Å². The first-order valence-electron chi connectivity index (χ1n) is 9.18. The molecule has 4 aromatic rings. The molecular formula is C23H20BrN3O. The normalized spacial score (nSPS) is 12.1. The summed E-state index contributed by atoms with van der Waals surface area (Å²) in [4.78, 5) is 17.3. The zero-order valence-electron chi connectivity index (χ0n) is 15.5. The smallest absolute Gasteiger partial charge is 0.251 e. The highest BCUT2D eigenvalue weighted by atomic mass is 79.9. The van der Waals surface area contributed by atoms with Crippen LogP contribution in [0.15, 0.2) is 83.3 Å². The van der Waals surface area contributed by atoms with Gasteiger partial charge in [0.05, 0.1) is 23.6 Å². The highest BCUT2D eigenvalue weighted by Gasteiger charge is 2.17. The van der Waals surface area contributed by atoms with Crippen molar-refractivity contribution in [2.75, 3.05) is 0 Å². The van der Waals surface area contributed by atoms with Crippen LogP contribution < -0.4 is 5.32 Å². The van der Waals surface area contributed by atoms with Gasteiger partial charge >= 0.3 is 0 Å². The average Bonchev–Trinajstić information content (AvgIpc) is 3.11. The quantitative estimate of drug-likeness (QED) is 0.461. The second-order valence-electron chi connectivity index (χ2n) is 6.66. The van der Waals surface area contributed by atoms with Crippen molar-refractivity contribution in [3.63, 3.8) is 0 Å². The molecular weight excluding hydrogens is 414 g/mol. The van der Waals surface area contributed by atoms with Gasteiger partial charge in [-0.15, -0.1) is 0 Å². The SMILES string of the molecule is CC(c1ccccc1)n1c(CNC(=O)c2ccc(Br)cc2)nc2ccccc21. The number of carbonyl (C=O) groups is 1. The number of rotatable bonds is 5. The number of nitrogens with one attached hydrogen (secondary N) is 1. The summed E-state index contributed by atoms with van der Waals surface area (Å²) < 4.78 is 3.15. The third-order valence-electron chi connectivity index (χ3n) is 4.85. The van der Waals surface area contributed by atoms with Gasteiger partial charge in [-0.2, -0.15) is 0 Å². The summed E-state index contributed by atoms with van der Waals surface area (Å²) in [7, 11) is 0. The van der Waals surface area contributed by atoms with Crippen LogP contribution in [0.2, 0.25) is 0 Å². The highest BCUT2D eigenvalue weighted by molar-refractivity contribution is 9.10. The molecule has 4 nitrogen and oxygen atoms in total. The van der Waals surface area contributed by atoms with Gasteiger partial charge in [0.25, 0.3) is 5.91 Å². The first-order valence-corrected chi connectivity index (χ1v) is 9.97. The van der Waals surface area contributed by atoms with E-state index in [4.69, 9.17) is 4.98 Å².